The summed E-state index contributed by atoms with van der Waals surface area (Å²) in [5, 5.41) is 61.5. The second kappa shape index (κ2) is 45.0. The normalized spacial score (nSPS) is 20.6. The zero-order valence-electron chi connectivity index (χ0n) is 66.7. The van der Waals surface area contributed by atoms with E-state index in [9.17, 15) is 63.0 Å². The fourth-order valence-electron chi connectivity index (χ4n) is 10.2. The van der Waals surface area contributed by atoms with E-state index in [0.29, 0.717) is 5.56 Å². The van der Waals surface area contributed by atoms with Gasteiger partial charge in [-0.15, -0.1) is 0 Å². The summed E-state index contributed by atoms with van der Waals surface area (Å²) in [4.78, 5) is 196. The molecule has 0 aliphatic carbocycles. The lowest BCUT2D eigenvalue weighted by molar-refractivity contribution is -0.136. The van der Waals surface area contributed by atoms with Crippen molar-refractivity contribution in [3.05, 3.63) is 35.9 Å². The van der Waals surface area contributed by atoms with Crippen LogP contribution in [0.3, 0.4) is 0 Å². The average molecular weight is 1550 g/mol. The molecule has 1 aliphatic rings. The molecule has 1 aromatic carbocycles. The quantitative estimate of drug-likeness (QED) is 0.0527. The van der Waals surface area contributed by atoms with Crippen molar-refractivity contribution in [1.29, 1.82) is 0 Å². The van der Waals surface area contributed by atoms with Crippen LogP contribution in [0.25, 0.3) is 0 Å². The molecule has 0 spiro atoms. The average Bonchev–Trinajstić information content (AvgIpc) is 1.20. The van der Waals surface area contributed by atoms with E-state index in [1.165, 1.54) is 13.8 Å². The third kappa shape index (κ3) is 41.7. The lowest BCUT2D eigenvalue weighted by atomic mass is 10.00. The fourth-order valence-corrected chi connectivity index (χ4v) is 10.2. The van der Waals surface area contributed by atoms with Crippen molar-refractivity contribution in [2.24, 2.45) is 11.7 Å². The van der Waals surface area contributed by atoms with E-state index < -0.39 is 210 Å². The van der Waals surface area contributed by atoms with Crippen LogP contribution in [-0.4, -0.2) is 240 Å². The van der Waals surface area contributed by atoms with Gasteiger partial charge in [0.15, 0.2) is 0 Å². The van der Waals surface area contributed by atoms with Crippen molar-refractivity contribution in [3.63, 3.8) is 0 Å². The van der Waals surface area contributed by atoms with Crippen LogP contribution >= 0.6 is 0 Å². The molecule has 12 atom stereocenters. The summed E-state index contributed by atoms with van der Waals surface area (Å²) in [7, 11) is 0. The number of carbonyl (C=O) groups is 14. The lowest BCUT2D eigenvalue weighted by Gasteiger charge is -2.29. The van der Waals surface area contributed by atoms with Gasteiger partial charge < -0.3 is 119 Å². The minimum Gasteiger partial charge on any atom is -0.444 e. The van der Waals surface area contributed by atoms with E-state index in [2.05, 4.69) is 79.8 Å². The van der Waals surface area contributed by atoms with Gasteiger partial charge in [0.2, 0.25) is 53.2 Å². The summed E-state index contributed by atoms with van der Waals surface area (Å²) in [5.74, 6) is -9.24. The molecule has 1 aliphatic heterocycles. The highest BCUT2D eigenvalue weighted by atomic mass is 16.6. The van der Waals surface area contributed by atoms with Crippen LogP contribution < -0.4 is 85.5 Å². The van der Waals surface area contributed by atoms with E-state index in [1.807, 2.05) is 0 Å². The number of alkyl carbamates (subject to hydrolysis) is 5. The van der Waals surface area contributed by atoms with Gasteiger partial charge in [-0.2, -0.15) is 0 Å². The van der Waals surface area contributed by atoms with Gasteiger partial charge in [0.1, 0.15) is 70.3 Å². The second-order valence-electron chi connectivity index (χ2n) is 32.0. The van der Waals surface area contributed by atoms with Gasteiger partial charge in [-0.05, 0) is 174 Å². The zero-order chi connectivity index (χ0) is 83.0. The van der Waals surface area contributed by atoms with Crippen LogP contribution in [0, 0.1) is 5.92 Å². The second-order valence-corrected chi connectivity index (χ2v) is 32.0. The monoisotopic (exact) mass is 1550 g/mol. The molecule has 1 saturated heterocycles. The highest BCUT2D eigenvalue weighted by Gasteiger charge is 2.38. The topological polar surface area (TPSA) is 532 Å². The van der Waals surface area contributed by atoms with Crippen molar-refractivity contribution in [3.8, 4) is 0 Å². The largest absolute Gasteiger partial charge is 0.444 e. The van der Waals surface area contributed by atoms with Crippen molar-refractivity contribution in [1.82, 2.24) is 79.8 Å². The molecule has 37 nitrogen and oxygen atoms in total. The van der Waals surface area contributed by atoms with E-state index in [0.717, 1.165) is 0 Å². The minimum atomic E-state index is -1.82. The van der Waals surface area contributed by atoms with Gasteiger partial charge in [-0.3, -0.25) is 43.2 Å². The standard InChI is InChI=1S/C72H124N16O21/c1-40(2)37-50-59(96)83-48(29-35-78-66(103)108-71(14,15)16)57(94)82-49(30-36-79-67(104)109-72(17,18)19)58(95)88-52(41(3)89)61(98)74-31-25-44(39-80-46(27-33-76-64(101)106-69(8,9)10)55(92)86-51(60(97)85-50)38-43-23-21-20-22-24-43)81-56(93)47(28-34-77-65(102)107-70(11,12)13)84-62(99)53(42(4)90)87-54(91)45(73)26-32-75-63(100)105-68(5,6)7/h20-24,40-42,44-53,80,89-90H,25-39,73H2,1-19H3,(H,74,98)(H,75,100)(H,76,101)(H,77,102)(H,78,103)(H,79,104)(H,81,93)(H,82,94)(H,83,96)(H,84,99)(H,85,97)(H,86,92)(H,87,91)(H,88,95)/t41?,42?,44-,45-,46-,47-,48-,49-,50-,51+,52-,53-/m0/s1. The van der Waals surface area contributed by atoms with Gasteiger partial charge >= 0.3 is 30.5 Å². The molecule has 1 fully saturated rings. The van der Waals surface area contributed by atoms with Crippen LogP contribution in [0.5, 0.6) is 0 Å². The van der Waals surface area contributed by atoms with Crippen molar-refractivity contribution < 1.29 is 101 Å². The Morgan fingerprint density at radius 2 is 0.862 bits per heavy atom. The summed E-state index contributed by atoms with van der Waals surface area (Å²) in [6.07, 6.45) is -9.83. The third-order valence-corrected chi connectivity index (χ3v) is 15.2. The number of carbonyl (C=O) groups excluding carboxylic acids is 14. The number of hydrogen-bond acceptors (Lipinski definition) is 23. The molecule has 0 saturated carbocycles. The Kier molecular flexibility index (Phi) is 39.5. The summed E-state index contributed by atoms with van der Waals surface area (Å²) in [6.45, 7) is 27.9. The smallest absolute Gasteiger partial charge is 0.407 e. The van der Waals surface area contributed by atoms with E-state index in [4.69, 9.17) is 29.4 Å². The number of hydrogen-bond donors (Lipinski definition) is 18. The van der Waals surface area contributed by atoms with Gasteiger partial charge in [-0.25, -0.2) is 24.0 Å². The molecule has 2 rings (SSSR count). The van der Waals surface area contributed by atoms with Crippen LogP contribution in [0.1, 0.15) is 182 Å². The zero-order valence-corrected chi connectivity index (χ0v) is 66.7. The van der Waals surface area contributed by atoms with E-state index >= 15 is 14.4 Å². The van der Waals surface area contributed by atoms with Gasteiger partial charge in [-0.1, -0.05) is 44.2 Å². The Morgan fingerprint density at radius 1 is 0.477 bits per heavy atom. The molecule has 2 unspecified atom stereocenters. The summed E-state index contributed by atoms with van der Waals surface area (Å²) in [6, 6.07) is -7.06. The summed E-state index contributed by atoms with van der Waals surface area (Å²) >= 11 is 0. The molecule has 1 heterocycles. The molecule has 37 heteroatoms. The number of benzene rings is 1. The molecule has 0 radical (unpaired) electrons. The lowest BCUT2D eigenvalue weighted by Crippen LogP contribution is -2.61. The highest BCUT2D eigenvalue weighted by Crippen LogP contribution is 2.15. The number of amides is 14. The van der Waals surface area contributed by atoms with Crippen molar-refractivity contribution >= 4 is 83.6 Å². The maximum absolute atomic E-state index is 15.1. The molecule has 14 amide bonds. The molecule has 0 aromatic heterocycles. The summed E-state index contributed by atoms with van der Waals surface area (Å²) in [5.41, 5.74) is 2.01. The number of nitrogens with one attached hydrogen (secondary N) is 15. The molecular weight excluding hydrogens is 1420 g/mol. The third-order valence-electron chi connectivity index (χ3n) is 15.2. The first-order valence-corrected chi connectivity index (χ1v) is 36.7. The molecule has 109 heavy (non-hydrogen) atoms. The maximum Gasteiger partial charge on any atom is 0.407 e. The summed E-state index contributed by atoms with van der Waals surface area (Å²) < 4.78 is 26.8. The van der Waals surface area contributed by atoms with E-state index in [1.54, 1.807) is 148 Å². The first-order chi connectivity index (χ1) is 50.3. The van der Waals surface area contributed by atoms with Crippen molar-refractivity contribution in [2.45, 2.75) is 284 Å². The van der Waals surface area contributed by atoms with Crippen molar-refractivity contribution in [2.75, 3.05) is 45.8 Å². The number of rotatable bonds is 27. The van der Waals surface area contributed by atoms with Crippen LogP contribution in [0.2, 0.25) is 0 Å². The number of aliphatic hydroxyl groups excluding tert-OH is 2. The molecule has 618 valence electrons. The Morgan fingerprint density at radius 3 is 1.29 bits per heavy atom. The first-order valence-electron chi connectivity index (χ1n) is 36.7. The number of aliphatic hydroxyl groups is 2. The van der Waals surface area contributed by atoms with Crippen LogP contribution in [0.4, 0.5) is 24.0 Å². The highest BCUT2D eigenvalue weighted by molar-refractivity contribution is 5.97. The molecule has 19 N–H and O–H groups in total. The molecule has 1 aromatic rings. The van der Waals surface area contributed by atoms with Gasteiger partial charge in [0.25, 0.3) is 0 Å². The Balaban J connectivity index is 3.02. The first kappa shape index (κ1) is 95.7. The predicted molar refractivity (Wildman–Crippen MR) is 400 cm³/mol. The van der Waals surface area contributed by atoms with Gasteiger partial charge in [0.05, 0.1) is 24.3 Å². The number of nitrogens with two attached hydrogens (primary N) is 1. The molecular formula is C72H124N16O21. The SMILES string of the molecule is CC(C)C[C@@H]1NC(=O)[C@@H](Cc2ccccc2)NC(=O)[C@H](CCNC(=O)OC(C)(C)C)NC[C@@H](NC(=O)[C@H](CCNC(=O)OC(C)(C)C)NC(=O)[C@@H](NC(=O)[C@@H](N)CCNC(=O)OC(C)(C)C)C(C)O)CCNC(=O)[C@H](C(C)O)NC(=O)[C@H](CCNC(=O)OC(C)(C)C)NC(=O)[C@H](CCNC(=O)OC(C)(C)C)NC1=O. The number of ether oxygens (including phenoxy) is 5. The Labute approximate surface area is 639 Å². The molecule has 0 bridgehead atoms. The predicted octanol–water partition coefficient (Wildman–Crippen LogP) is 0.295. The Hall–Kier alpha value is -9.36. The van der Waals surface area contributed by atoms with Gasteiger partial charge in [0, 0.05) is 58.3 Å². The minimum absolute atomic E-state index is 0.0684. The fraction of sp³-hybridized carbons (Fsp3) is 0.722. The Bertz CT molecular complexity index is 3180. The van der Waals surface area contributed by atoms with E-state index in [-0.39, 0.29) is 77.2 Å². The van der Waals surface area contributed by atoms with Crippen LogP contribution in [-0.2, 0) is 73.3 Å². The maximum atomic E-state index is 15.1. The van der Waals surface area contributed by atoms with Crippen LogP contribution in [0.15, 0.2) is 30.3 Å².